The molecule has 0 unspecified atom stereocenters. The molecule has 0 bridgehead atoms. The number of rotatable bonds is 1. The molecule has 2 saturated heterocycles. The Morgan fingerprint density at radius 3 is 3.27 bits per heavy atom. The van der Waals surface area contributed by atoms with Crippen molar-refractivity contribution in [2.75, 3.05) is 19.7 Å². The van der Waals surface area contributed by atoms with Gasteiger partial charge < -0.3 is 4.74 Å². The molecule has 2 aliphatic rings. The van der Waals surface area contributed by atoms with Crippen molar-refractivity contribution < 1.29 is 4.74 Å². The van der Waals surface area contributed by atoms with Gasteiger partial charge >= 0.3 is 0 Å². The van der Waals surface area contributed by atoms with E-state index in [9.17, 15) is 0 Å². The molecule has 2 aliphatic heterocycles. The number of morpholine rings is 1. The summed E-state index contributed by atoms with van der Waals surface area (Å²) in [4.78, 5) is 2.59. The van der Waals surface area contributed by atoms with Gasteiger partial charge in [0.1, 0.15) is 0 Å². The summed E-state index contributed by atoms with van der Waals surface area (Å²) in [5, 5.41) is 0. The minimum atomic E-state index is 0.518. The van der Waals surface area contributed by atoms with Crippen LogP contribution in [-0.4, -0.2) is 36.7 Å². The van der Waals surface area contributed by atoms with Gasteiger partial charge in [-0.15, -0.1) is 0 Å². The van der Waals surface area contributed by atoms with Crippen LogP contribution in [0.25, 0.3) is 0 Å². The Bertz CT molecular complexity index is 138. The first-order valence-corrected chi connectivity index (χ1v) is 4.76. The Labute approximate surface area is 68.5 Å². The van der Waals surface area contributed by atoms with E-state index in [-0.39, 0.29) is 0 Å². The summed E-state index contributed by atoms with van der Waals surface area (Å²) < 4.78 is 5.70. The van der Waals surface area contributed by atoms with Gasteiger partial charge in [0.15, 0.2) is 0 Å². The van der Waals surface area contributed by atoms with Gasteiger partial charge in [-0.25, -0.2) is 0 Å². The van der Waals surface area contributed by atoms with Crippen molar-refractivity contribution in [3.63, 3.8) is 0 Å². The third kappa shape index (κ3) is 1.42. The first kappa shape index (κ1) is 7.56. The molecule has 0 aromatic rings. The van der Waals surface area contributed by atoms with Crippen LogP contribution in [0.2, 0.25) is 0 Å². The van der Waals surface area contributed by atoms with Gasteiger partial charge in [-0.3, -0.25) is 4.90 Å². The Morgan fingerprint density at radius 2 is 2.45 bits per heavy atom. The first-order valence-electron chi connectivity index (χ1n) is 4.76. The zero-order valence-corrected chi connectivity index (χ0v) is 7.25. The maximum absolute atomic E-state index is 5.70. The Balaban J connectivity index is 1.91. The van der Waals surface area contributed by atoms with Gasteiger partial charge in [-0.2, -0.15) is 0 Å². The van der Waals surface area contributed by atoms with Crippen molar-refractivity contribution in [1.29, 1.82) is 0 Å². The normalized spacial score (nSPS) is 39.0. The van der Waals surface area contributed by atoms with E-state index in [4.69, 9.17) is 4.74 Å². The summed E-state index contributed by atoms with van der Waals surface area (Å²) in [6, 6.07) is 0.762. The fourth-order valence-corrected chi connectivity index (χ4v) is 2.13. The molecule has 11 heavy (non-hydrogen) atoms. The second kappa shape index (κ2) is 3.11. The van der Waals surface area contributed by atoms with Crippen LogP contribution in [0.4, 0.5) is 0 Å². The molecule has 0 saturated carbocycles. The molecule has 2 fully saturated rings. The van der Waals surface area contributed by atoms with Crippen LogP contribution in [0.5, 0.6) is 0 Å². The molecule has 2 rings (SSSR count). The highest BCUT2D eigenvalue weighted by atomic mass is 16.5. The molecule has 2 atom stereocenters. The minimum absolute atomic E-state index is 0.518. The van der Waals surface area contributed by atoms with Crippen molar-refractivity contribution in [3.05, 3.63) is 0 Å². The van der Waals surface area contributed by atoms with Gasteiger partial charge in [-0.1, -0.05) is 6.92 Å². The van der Waals surface area contributed by atoms with E-state index in [0.29, 0.717) is 6.10 Å². The zero-order chi connectivity index (χ0) is 7.68. The molecule has 2 heterocycles. The smallest absolute Gasteiger partial charge is 0.0700 e. The SMILES string of the molecule is CC[C@H]1CN2CCC[C@H]2CO1. The lowest BCUT2D eigenvalue weighted by atomic mass is 10.1. The van der Waals surface area contributed by atoms with E-state index in [0.717, 1.165) is 12.6 Å². The lowest BCUT2D eigenvalue weighted by molar-refractivity contribution is -0.0494. The van der Waals surface area contributed by atoms with Crippen molar-refractivity contribution in [2.24, 2.45) is 0 Å². The molecule has 0 radical (unpaired) electrons. The van der Waals surface area contributed by atoms with Gasteiger partial charge in [0.2, 0.25) is 0 Å². The standard InChI is InChI=1S/C9H17NO/c1-2-9-6-10-5-3-4-8(10)7-11-9/h8-9H,2-7H2,1H3/t8-,9-/m0/s1. The molecule has 0 aliphatic carbocycles. The van der Waals surface area contributed by atoms with Crippen molar-refractivity contribution in [3.8, 4) is 0 Å². The third-order valence-corrected chi connectivity index (χ3v) is 2.92. The van der Waals surface area contributed by atoms with Gasteiger partial charge in [-0.05, 0) is 25.8 Å². The van der Waals surface area contributed by atoms with Crippen LogP contribution in [0.3, 0.4) is 0 Å². The molecule has 0 amide bonds. The summed E-state index contributed by atoms with van der Waals surface area (Å²) in [5.41, 5.74) is 0. The Hall–Kier alpha value is -0.0800. The highest BCUT2D eigenvalue weighted by Gasteiger charge is 2.31. The zero-order valence-electron chi connectivity index (χ0n) is 7.25. The fraction of sp³-hybridized carbons (Fsp3) is 1.00. The van der Waals surface area contributed by atoms with Crippen molar-refractivity contribution in [2.45, 2.75) is 38.3 Å². The lowest BCUT2D eigenvalue weighted by Gasteiger charge is -2.34. The molecule has 2 heteroatoms. The monoisotopic (exact) mass is 155 g/mol. The van der Waals surface area contributed by atoms with Crippen LogP contribution in [0.1, 0.15) is 26.2 Å². The number of hydrogen-bond donors (Lipinski definition) is 0. The first-order chi connectivity index (χ1) is 5.40. The fourth-order valence-electron chi connectivity index (χ4n) is 2.13. The summed E-state index contributed by atoms with van der Waals surface area (Å²) in [6.07, 6.45) is 4.42. The Morgan fingerprint density at radius 1 is 1.55 bits per heavy atom. The molecule has 2 nitrogen and oxygen atoms in total. The molecular formula is C9H17NO. The number of fused-ring (bicyclic) bond motifs is 1. The summed E-state index contributed by atoms with van der Waals surface area (Å²) in [7, 11) is 0. The molecule has 0 aromatic heterocycles. The van der Waals surface area contributed by atoms with E-state index in [1.54, 1.807) is 0 Å². The summed E-state index contributed by atoms with van der Waals surface area (Å²) in [6.45, 7) is 5.69. The van der Waals surface area contributed by atoms with Crippen LogP contribution >= 0.6 is 0 Å². The summed E-state index contributed by atoms with van der Waals surface area (Å²) >= 11 is 0. The van der Waals surface area contributed by atoms with Crippen LogP contribution in [0, 0.1) is 0 Å². The predicted molar refractivity (Wildman–Crippen MR) is 44.6 cm³/mol. The molecule has 64 valence electrons. The highest BCUT2D eigenvalue weighted by Crippen LogP contribution is 2.23. The molecule has 0 N–H and O–H groups in total. The number of nitrogens with zero attached hydrogens (tertiary/aromatic N) is 1. The van der Waals surface area contributed by atoms with Gasteiger partial charge in [0.25, 0.3) is 0 Å². The summed E-state index contributed by atoms with van der Waals surface area (Å²) in [5.74, 6) is 0. The average molecular weight is 155 g/mol. The second-order valence-corrected chi connectivity index (χ2v) is 3.65. The maximum atomic E-state index is 5.70. The van der Waals surface area contributed by atoms with Crippen LogP contribution < -0.4 is 0 Å². The lowest BCUT2D eigenvalue weighted by Crippen LogP contribution is -2.45. The van der Waals surface area contributed by atoms with E-state index in [2.05, 4.69) is 11.8 Å². The van der Waals surface area contributed by atoms with Crippen molar-refractivity contribution in [1.82, 2.24) is 4.90 Å². The maximum Gasteiger partial charge on any atom is 0.0700 e. The van der Waals surface area contributed by atoms with E-state index in [1.807, 2.05) is 0 Å². The number of hydrogen-bond acceptors (Lipinski definition) is 2. The van der Waals surface area contributed by atoms with Gasteiger partial charge in [0, 0.05) is 12.6 Å². The molecular weight excluding hydrogens is 138 g/mol. The third-order valence-electron chi connectivity index (χ3n) is 2.92. The van der Waals surface area contributed by atoms with Crippen LogP contribution in [-0.2, 0) is 4.74 Å². The van der Waals surface area contributed by atoms with Gasteiger partial charge in [0.05, 0.1) is 12.7 Å². The van der Waals surface area contributed by atoms with Crippen molar-refractivity contribution >= 4 is 0 Å². The topological polar surface area (TPSA) is 12.5 Å². The van der Waals surface area contributed by atoms with E-state index >= 15 is 0 Å². The molecule has 0 spiro atoms. The largest absolute Gasteiger partial charge is 0.375 e. The number of ether oxygens (including phenoxy) is 1. The average Bonchev–Trinajstić information content (AvgIpc) is 2.50. The van der Waals surface area contributed by atoms with Crippen LogP contribution in [0.15, 0.2) is 0 Å². The van der Waals surface area contributed by atoms with E-state index < -0.39 is 0 Å². The molecule has 0 aromatic carbocycles. The Kier molecular flexibility index (Phi) is 2.14. The minimum Gasteiger partial charge on any atom is -0.375 e. The highest BCUT2D eigenvalue weighted by molar-refractivity contribution is 4.84. The quantitative estimate of drug-likeness (QED) is 0.565. The van der Waals surface area contributed by atoms with E-state index in [1.165, 1.54) is 32.4 Å². The second-order valence-electron chi connectivity index (χ2n) is 3.65. The predicted octanol–water partition coefficient (Wildman–Crippen LogP) is 1.26.